The normalized spacial score (nSPS) is 15.9. The lowest BCUT2D eigenvalue weighted by Gasteiger charge is -2.34. The molecule has 8 aromatic carbocycles. The second-order valence-corrected chi connectivity index (χ2v) is 19.1. The van der Waals surface area contributed by atoms with Crippen LogP contribution in [0.2, 0.25) is 0 Å². The van der Waals surface area contributed by atoms with E-state index < -0.39 is 32.2 Å². The van der Waals surface area contributed by atoms with Crippen molar-refractivity contribution in [2.24, 2.45) is 0 Å². The minimum atomic E-state index is -2.90. The molecule has 2 aromatic heterocycles. The molecule has 1 fully saturated rings. The summed E-state index contributed by atoms with van der Waals surface area (Å²) in [5.41, 5.74) is 5.16. The molecule has 0 bridgehead atoms. The topological polar surface area (TPSA) is 9.86 Å². The summed E-state index contributed by atoms with van der Waals surface area (Å²) in [6, 6.07) is 51.3. The van der Waals surface area contributed by atoms with Gasteiger partial charge in [0.25, 0.3) is 0 Å². The highest BCUT2D eigenvalue weighted by Gasteiger charge is 2.41. The summed E-state index contributed by atoms with van der Waals surface area (Å²) in [5, 5.41) is 7.20. The summed E-state index contributed by atoms with van der Waals surface area (Å²) in [6.07, 6.45) is 5.77. The minimum Gasteiger partial charge on any atom is -0.309 e. The van der Waals surface area contributed by atoms with E-state index in [2.05, 4.69) is 144 Å². The minimum absolute atomic E-state index is 0.0693. The van der Waals surface area contributed by atoms with Crippen molar-refractivity contribution in [3.8, 4) is 11.4 Å². The Balaban J connectivity index is 1.24. The smallest absolute Gasteiger partial charge is 0.179 e. The fourth-order valence-corrected chi connectivity index (χ4v) is 14.6. The van der Waals surface area contributed by atoms with Crippen LogP contribution in [0.3, 0.4) is 0 Å². The summed E-state index contributed by atoms with van der Waals surface area (Å²) in [7, 11) is -2.90. The Labute approximate surface area is 346 Å². The lowest BCUT2D eigenvalue weighted by Crippen LogP contribution is -2.74. The predicted octanol–water partition coefficient (Wildman–Crippen LogP) is 11.3. The molecule has 274 valence electrons. The van der Waals surface area contributed by atoms with E-state index in [1.807, 2.05) is 12.1 Å². The Kier molecular flexibility index (Phi) is 6.47. The van der Waals surface area contributed by atoms with Gasteiger partial charge in [-0.2, -0.15) is 0 Å². The average Bonchev–Trinajstić information content (AvgIpc) is 3.89. The first-order valence-corrected chi connectivity index (χ1v) is 22.0. The van der Waals surface area contributed by atoms with Crippen molar-refractivity contribution in [3.63, 3.8) is 0 Å². The maximum atomic E-state index is 9.18. The molecule has 2 nitrogen and oxygen atoms in total. The van der Waals surface area contributed by atoms with E-state index in [4.69, 9.17) is 8.22 Å². The molecule has 0 radical (unpaired) electrons. The van der Waals surface area contributed by atoms with Gasteiger partial charge in [0.05, 0.1) is 33.0 Å². The molecule has 0 atom stereocenters. The van der Waals surface area contributed by atoms with Gasteiger partial charge in [-0.25, -0.2) is 0 Å². The van der Waals surface area contributed by atoms with Crippen LogP contribution in [0.4, 0.5) is 0 Å². The highest BCUT2D eigenvalue weighted by Crippen LogP contribution is 2.42. The molecular weight excluding hydrogens is 705 g/mol. The van der Waals surface area contributed by atoms with Crippen molar-refractivity contribution in [2.45, 2.75) is 38.0 Å². The Morgan fingerprint density at radius 2 is 0.965 bits per heavy atom. The van der Waals surface area contributed by atoms with Crippen molar-refractivity contribution >= 4 is 72.4 Å². The van der Waals surface area contributed by atoms with E-state index in [1.165, 1.54) is 45.6 Å². The van der Waals surface area contributed by atoms with Gasteiger partial charge in [0.2, 0.25) is 0 Å². The fraction of sp³-hybridized carbons (Fsp3) is 0.111. The largest absolute Gasteiger partial charge is 0.309 e. The van der Waals surface area contributed by atoms with Gasteiger partial charge in [-0.05, 0) is 87.5 Å². The van der Waals surface area contributed by atoms with E-state index in [1.54, 1.807) is 4.57 Å². The summed E-state index contributed by atoms with van der Waals surface area (Å²) >= 11 is 0. The van der Waals surface area contributed by atoms with E-state index in [0.29, 0.717) is 11.6 Å². The zero-order chi connectivity index (χ0) is 44.7. The van der Waals surface area contributed by atoms with E-state index in [9.17, 15) is 2.74 Å². The molecule has 10 aromatic rings. The maximum Gasteiger partial charge on any atom is 0.179 e. The van der Waals surface area contributed by atoms with Gasteiger partial charge in [0, 0.05) is 32.9 Å². The monoisotopic (exact) mass is 756 g/mol. The molecule has 1 saturated carbocycles. The van der Waals surface area contributed by atoms with Gasteiger partial charge in [-0.1, -0.05) is 177 Å². The van der Waals surface area contributed by atoms with Crippen LogP contribution in [0.5, 0.6) is 0 Å². The Morgan fingerprint density at radius 1 is 0.421 bits per heavy atom. The molecule has 0 aliphatic heterocycles. The number of fused-ring (bicyclic) bond motifs is 6. The molecule has 0 N–H and O–H groups in total. The van der Waals surface area contributed by atoms with Crippen LogP contribution in [0, 0.1) is 0 Å². The number of rotatable bonds is 7. The molecule has 0 saturated heterocycles. The summed E-state index contributed by atoms with van der Waals surface area (Å²) in [4.78, 5) is 0. The standard InChI is InChI=1S/C54H44N2Si/c1-5-19-39(20-6-1)46-31-18-32-49-50-38-41(55-51-33-15-13-29-47(51)48-30-14-16-34-52(48)55)35-36-53(50)56(54(46)49)40-21-17-28-45(37-40)57(42-22-7-2-8-23-42,43-24-9-3-10-25-43)44-26-11-4-12-27-44/h2-4,7-18,21-39H,1,5-6,19-20H2/i13D,14D,15D,16D,29D,30D,33D,34D. The van der Waals surface area contributed by atoms with Crippen LogP contribution in [0.25, 0.3) is 55.0 Å². The number of hydrogen-bond acceptors (Lipinski definition) is 0. The quantitative estimate of drug-likeness (QED) is 0.113. The number of para-hydroxylation sites is 3. The lowest BCUT2D eigenvalue weighted by atomic mass is 9.83. The van der Waals surface area contributed by atoms with Crippen LogP contribution in [0.1, 0.15) is 54.6 Å². The van der Waals surface area contributed by atoms with Crippen molar-refractivity contribution in [1.82, 2.24) is 9.13 Å². The zero-order valence-electron chi connectivity index (χ0n) is 39.4. The molecule has 2 heterocycles. The first kappa shape index (κ1) is 26.4. The maximum absolute atomic E-state index is 9.18. The SMILES string of the molecule is [2H]c1c([2H])c([2H])c2c(c1[2H])c1c([2H])c([2H])c([2H])c([2H])c1n2-c1ccc2c(c1)c1cccc(C3CCCCC3)c1n2-c1cccc([Si](c2ccccc2)(c2ccccc2)c2ccccc2)c1. The van der Waals surface area contributed by atoms with Gasteiger partial charge in [0.15, 0.2) is 8.07 Å². The number of hydrogen-bond donors (Lipinski definition) is 0. The molecule has 1 aliphatic carbocycles. The summed E-state index contributed by atoms with van der Waals surface area (Å²) in [5.74, 6) is 0.369. The van der Waals surface area contributed by atoms with Crippen molar-refractivity contribution in [3.05, 3.63) is 206 Å². The summed E-state index contributed by atoms with van der Waals surface area (Å²) in [6.45, 7) is 0. The van der Waals surface area contributed by atoms with Crippen LogP contribution >= 0.6 is 0 Å². The Hall–Kier alpha value is -6.42. The zero-order valence-corrected chi connectivity index (χ0v) is 32.4. The van der Waals surface area contributed by atoms with Crippen LogP contribution < -0.4 is 20.7 Å². The highest BCUT2D eigenvalue weighted by molar-refractivity contribution is 7.19. The van der Waals surface area contributed by atoms with Crippen molar-refractivity contribution in [2.75, 3.05) is 0 Å². The first-order valence-electron chi connectivity index (χ1n) is 24.0. The summed E-state index contributed by atoms with van der Waals surface area (Å²) < 4.78 is 74.9. The number of nitrogens with zero attached hydrogens (tertiary/aromatic N) is 2. The van der Waals surface area contributed by atoms with Gasteiger partial charge < -0.3 is 9.13 Å². The van der Waals surface area contributed by atoms with Crippen LogP contribution in [-0.2, 0) is 0 Å². The molecule has 0 amide bonds. The average molecular weight is 757 g/mol. The Morgan fingerprint density at radius 3 is 1.58 bits per heavy atom. The molecule has 11 rings (SSSR count). The van der Waals surface area contributed by atoms with E-state index in [0.717, 1.165) is 40.3 Å². The van der Waals surface area contributed by atoms with Gasteiger partial charge in [0.1, 0.15) is 0 Å². The second kappa shape index (κ2) is 13.9. The predicted molar refractivity (Wildman–Crippen MR) is 245 cm³/mol. The molecular formula is C54H44N2Si. The first-order chi connectivity index (χ1) is 31.6. The van der Waals surface area contributed by atoms with Crippen molar-refractivity contribution < 1.29 is 11.0 Å². The van der Waals surface area contributed by atoms with Crippen LogP contribution in [-0.4, -0.2) is 17.2 Å². The van der Waals surface area contributed by atoms with Crippen LogP contribution in [0.15, 0.2) is 200 Å². The second-order valence-electron chi connectivity index (χ2n) is 15.3. The number of benzene rings is 8. The van der Waals surface area contributed by atoms with Gasteiger partial charge in [-0.15, -0.1) is 0 Å². The lowest BCUT2D eigenvalue weighted by molar-refractivity contribution is 0.445. The fourth-order valence-electron chi connectivity index (χ4n) is 9.86. The third-order valence-electron chi connectivity index (χ3n) is 12.3. The molecule has 0 spiro atoms. The third kappa shape index (κ3) is 5.37. The highest BCUT2D eigenvalue weighted by atomic mass is 28.3. The molecule has 1 aliphatic rings. The Bertz CT molecular complexity index is 3330. The third-order valence-corrected chi connectivity index (χ3v) is 17.1. The molecule has 57 heavy (non-hydrogen) atoms. The number of aromatic nitrogens is 2. The molecule has 0 unspecified atom stereocenters. The van der Waals surface area contributed by atoms with E-state index >= 15 is 0 Å². The van der Waals surface area contributed by atoms with Gasteiger partial charge in [-0.3, -0.25) is 0 Å². The van der Waals surface area contributed by atoms with Crippen molar-refractivity contribution in [1.29, 1.82) is 0 Å². The van der Waals surface area contributed by atoms with E-state index in [-0.39, 0.29) is 46.0 Å². The van der Waals surface area contributed by atoms with Gasteiger partial charge >= 0.3 is 0 Å². The molecule has 3 heteroatoms.